The lowest BCUT2D eigenvalue weighted by Gasteiger charge is -2.37. The van der Waals surface area contributed by atoms with Gasteiger partial charge in [0.1, 0.15) is 12.0 Å². The summed E-state index contributed by atoms with van der Waals surface area (Å²) in [6.45, 7) is 2.31. The molecule has 6 nitrogen and oxygen atoms in total. The number of nitrogens with zero attached hydrogens (tertiary/aromatic N) is 4. The molecule has 3 heterocycles. The van der Waals surface area contributed by atoms with Crippen LogP contribution in [0.3, 0.4) is 0 Å². The third kappa shape index (κ3) is 7.29. The molecular formula is C31H44FN5O. The Morgan fingerprint density at radius 1 is 0.974 bits per heavy atom. The summed E-state index contributed by atoms with van der Waals surface area (Å²) in [5.41, 5.74) is 3.66. The average molecular weight is 522 g/mol. The number of allylic oxidation sites excluding steroid dienone is 5. The molecule has 206 valence electrons. The van der Waals surface area contributed by atoms with Gasteiger partial charge < -0.3 is 10.2 Å². The van der Waals surface area contributed by atoms with Gasteiger partial charge in [0.25, 0.3) is 0 Å². The summed E-state index contributed by atoms with van der Waals surface area (Å²) in [6.07, 6.45) is 23.8. The lowest BCUT2D eigenvalue weighted by Crippen LogP contribution is -2.49. The lowest BCUT2D eigenvalue weighted by molar-refractivity contribution is 0.165. The molecule has 1 saturated heterocycles. The fourth-order valence-corrected chi connectivity index (χ4v) is 6.63. The Morgan fingerprint density at radius 3 is 2.50 bits per heavy atom. The first kappa shape index (κ1) is 27.0. The standard InChI is InChI=1S/C31H44FN5O/c32-25-13-11-23(12-14-25)20-27-21-29(28(15-18-33-27)30-34-16-5-6-17-35-30)24-8-7-19-37(22-24)31(38)36-26-9-3-1-2-4-10-26/h11,13,16-17,21,24,26,28,30H,1-10,12,14-15,18-20,22H2,(H,36,38). The molecule has 0 radical (unpaired) electrons. The van der Waals surface area contributed by atoms with E-state index in [4.69, 9.17) is 15.0 Å². The Labute approximate surface area is 227 Å². The van der Waals surface area contributed by atoms with Gasteiger partial charge in [-0.2, -0.15) is 0 Å². The first-order valence-corrected chi connectivity index (χ1v) is 15.0. The van der Waals surface area contributed by atoms with Crippen molar-refractivity contribution in [2.45, 2.75) is 102 Å². The molecule has 3 aliphatic heterocycles. The van der Waals surface area contributed by atoms with Gasteiger partial charge in [0, 0.05) is 62.6 Å². The van der Waals surface area contributed by atoms with Crippen LogP contribution in [0.15, 0.2) is 50.2 Å². The number of aliphatic imine (C=N–C) groups is 3. The number of carbonyl (C=O) groups excluding carboxylic acids is 1. The first-order valence-electron chi connectivity index (χ1n) is 15.0. The second-order valence-corrected chi connectivity index (χ2v) is 11.6. The van der Waals surface area contributed by atoms with Crippen LogP contribution in [-0.4, -0.2) is 60.9 Å². The van der Waals surface area contributed by atoms with Crippen molar-refractivity contribution in [2.24, 2.45) is 26.8 Å². The minimum Gasteiger partial charge on any atom is -0.335 e. The molecule has 1 N–H and O–H groups in total. The maximum atomic E-state index is 13.6. The van der Waals surface area contributed by atoms with E-state index >= 15 is 0 Å². The molecule has 2 aliphatic carbocycles. The van der Waals surface area contributed by atoms with Gasteiger partial charge in [0.05, 0.1) is 0 Å². The molecule has 2 amide bonds. The Morgan fingerprint density at radius 2 is 1.76 bits per heavy atom. The average Bonchev–Trinajstić information content (AvgIpc) is 3.44. The molecule has 0 bridgehead atoms. The highest BCUT2D eigenvalue weighted by atomic mass is 19.1. The summed E-state index contributed by atoms with van der Waals surface area (Å²) in [5, 5.41) is 3.37. The van der Waals surface area contributed by atoms with Crippen LogP contribution >= 0.6 is 0 Å². The monoisotopic (exact) mass is 521 g/mol. The molecule has 0 aromatic rings. The number of halogens is 1. The smallest absolute Gasteiger partial charge is 0.317 e. The Hall–Kier alpha value is -2.57. The largest absolute Gasteiger partial charge is 0.335 e. The summed E-state index contributed by atoms with van der Waals surface area (Å²) in [6, 6.07) is 0.416. The predicted octanol–water partition coefficient (Wildman–Crippen LogP) is 6.74. The first-order chi connectivity index (χ1) is 18.7. The van der Waals surface area contributed by atoms with Gasteiger partial charge in [-0.3, -0.25) is 15.0 Å². The second kappa shape index (κ2) is 13.5. The SMILES string of the molecule is O=C(NC1CCCCCC1)N1CCCC(C2=CC(CC3=CC=C(F)CC3)=NCCC2C2N=CCCC=N2)C1. The van der Waals surface area contributed by atoms with Gasteiger partial charge in [-0.1, -0.05) is 42.9 Å². The molecule has 2 unspecified atom stereocenters. The fraction of sp³-hybridized carbons (Fsp3) is 0.677. The highest BCUT2D eigenvalue weighted by Gasteiger charge is 2.34. The summed E-state index contributed by atoms with van der Waals surface area (Å²) in [7, 11) is 0. The lowest BCUT2D eigenvalue weighted by atomic mass is 9.79. The number of hydrogen-bond acceptors (Lipinski definition) is 4. The zero-order valence-electron chi connectivity index (χ0n) is 22.8. The van der Waals surface area contributed by atoms with E-state index in [1.165, 1.54) is 36.8 Å². The van der Waals surface area contributed by atoms with Crippen molar-refractivity contribution in [1.29, 1.82) is 0 Å². The van der Waals surface area contributed by atoms with Crippen LogP contribution in [0, 0.1) is 11.8 Å². The predicted molar refractivity (Wildman–Crippen MR) is 154 cm³/mol. The van der Waals surface area contributed by atoms with Gasteiger partial charge in [0.2, 0.25) is 0 Å². The van der Waals surface area contributed by atoms with Gasteiger partial charge in [-0.15, -0.1) is 0 Å². The summed E-state index contributed by atoms with van der Waals surface area (Å²) >= 11 is 0. The Bertz CT molecular complexity index is 1000. The van der Waals surface area contributed by atoms with Crippen molar-refractivity contribution in [3.63, 3.8) is 0 Å². The third-order valence-corrected chi connectivity index (χ3v) is 8.77. The van der Waals surface area contributed by atoms with Crippen molar-refractivity contribution >= 4 is 24.2 Å². The van der Waals surface area contributed by atoms with Crippen LogP contribution in [0.25, 0.3) is 0 Å². The number of piperidine rings is 1. The Kier molecular flexibility index (Phi) is 9.58. The highest BCUT2D eigenvalue weighted by Crippen LogP contribution is 2.36. The summed E-state index contributed by atoms with van der Waals surface area (Å²) in [5.74, 6) is 0.430. The van der Waals surface area contributed by atoms with Gasteiger partial charge in [-0.05, 0) is 69.4 Å². The maximum Gasteiger partial charge on any atom is 0.317 e. The molecule has 5 aliphatic rings. The van der Waals surface area contributed by atoms with Crippen LogP contribution in [0.1, 0.15) is 89.9 Å². The maximum absolute atomic E-state index is 13.6. The van der Waals surface area contributed by atoms with Crippen molar-refractivity contribution in [3.8, 4) is 0 Å². The molecule has 1 saturated carbocycles. The normalized spacial score (nSPS) is 27.9. The molecule has 0 spiro atoms. The number of rotatable bonds is 5. The fourth-order valence-electron chi connectivity index (χ4n) is 6.63. The van der Waals surface area contributed by atoms with E-state index in [2.05, 4.69) is 16.3 Å². The van der Waals surface area contributed by atoms with Crippen LogP contribution in [-0.2, 0) is 0 Å². The van der Waals surface area contributed by atoms with Crippen molar-refractivity contribution < 1.29 is 9.18 Å². The molecule has 2 atom stereocenters. The van der Waals surface area contributed by atoms with E-state index in [0.717, 1.165) is 83.1 Å². The molecule has 0 aromatic carbocycles. The van der Waals surface area contributed by atoms with Crippen molar-refractivity contribution in [1.82, 2.24) is 10.2 Å². The quantitative estimate of drug-likeness (QED) is 0.400. The Balaban J connectivity index is 1.35. The van der Waals surface area contributed by atoms with E-state index < -0.39 is 0 Å². The number of amides is 2. The molecule has 7 heteroatoms. The van der Waals surface area contributed by atoms with E-state index in [1.807, 2.05) is 18.5 Å². The van der Waals surface area contributed by atoms with Crippen molar-refractivity contribution in [2.75, 3.05) is 19.6 Å². The van der Waals surface area contributed by atoms with Gasteiger partial charge >= 0.3 is 6.03 Å². The van der Waals surface area contributed by atoms with Crippen LogP contribution < -0.4 is 5.32 Å². The number of carbonyl (C=O) groups is 1. The van der Waals surface area contributed by atoms with Crippen molar-refractivity contribution in [3.05, 3.63) is 35.2 Å². The molecule has 5 rings (SSSR count). The topological polar surface area (TPSA) is 69.4 Å². The third-order valence-electron chi connectivity index (χ3n) is 8.77. The van der Waals surface area contributed by atoms with E-state index in [-0.39, 0.29) is 29.9 Å². The minimum atomic E-state index is -0.112. The number of urea groups is 1. The van der Waals surface area contributed by atoms with Gasteiger partial charge in [-0.25, -0.2) is 9.18 Å². The van der Waals surface area contributed by atoms with E-state index in [0.29, 0.717) is 12.5 Å². The van der Waals surface area contributed by atoms with E-state index in [1.54, 1.807) is 6.08 Å². The summed E-state index contributed by atoms with van der Waals surface area (Å²) < 4.78 is 13.6. The second-order valence-electron chi connectivity index (χ2n) is 11.6. The number of nitrogens with one attached hydrogen (secondary N) is 1. The van der Waals surface area contributed by atoms with E-state index in [9.17, 15) is 9.18 Å². The summed E-state index contributed by atoms with van der Waals surface area (Å²) in [4.78, 5) is 30.1. The molecule has 0 aromatic heterocycles. The van der Waals surface area contributed by atoms with Gasteiger partial charge in [0.15, 0.2) is 0 Å². The van der Waals surface area contributed by atoms with Crippen LogP contribution in [0.5, 0.6) is 0 Å². The molecule has 38 heavy (non-hydrogen) atoms. The number of hydrogen-bond donors (Lipinski definition) is 1. The molecular weight excluding hydrogens is 477 g/mol. The minimum absolute atomic E-state index is 0.0404. The zero-order valence-corrected chi connectivity index (χ0v) is 22.8. The highest BCUT2D eigenvalue weighted by molar-refractivity contribution is 5.97. The molecule has 2 fully saturated rings. The number of likely N-dealkylation sites (tertiary alicyclic amines) is 1. The van der Waals surface area contributed by atoms with Crippen LogP contribution in [0.4, 0.5) is 9.18 Å². The zero-order chi connectivity index (χ0) is 26.2. The van der Waals surface area contributed by atoms with Crippen LogP contribution in [0.2, 0.25) is 0 Å².